The summed E-state index contributed by atoms with van der Waals surface area (Å²) >= 11 is 0. The van der Waals surface area contributed by atoms with E-state index in [4.69, 9.17) is 15.3 Å². The molecular formula is C6H15ClN2O7. The standard InChI is InChI=1S/C6H8O7.ClH.2H3N/c7-3(8)1-6(13,5(11)12)2-4(9)10;;;/h13H,1-2H2,(H,7,8)(H,9,10)(H,11,12);1H;2*1H3. The van der Waals surface area contributed by atoms with Crippen LogP contribution in [0.25, 0.3) is 0 Å². The average Bonchev–Trinajstić information content (AvgIpc) is 1.82. The van der Waals surface area contributed by atoms with Crippen LogP contribution in [0.15, 0.2) is 0 Å². The quantitative estimate of drug-likeness (QED) is 0.326. The van der Waals surface area contributed by atoms with E-state index in [-0.39, 0.29) is 24.7 Å². The van der Waals surface area contributed by atoms with Crippen LogP contribution in [-0.4, -0.2) is 38.8 Å². The first-order chi connectivity index (χ1) is 5.78. The fourth-order valence-corrected chi connectivity index (χ4v) is 0.703. The Hall–Kier alpha value is -1.42. The normalized spacial score (nSPS) is 11.8. The van der Waals surface area contributed by atoms with Gasteiger partial charge in [-0.2, -0.15) is 0 Å². The predicted molar refractivity (Wildman–Crippen MR) is 46.4 cm³/mol. The largest absolute Gasteiger partial charge is 1.00 e. The van der Waals surface area contributed by atoms with Crippen molar-refractivity contribution in [1.82, 2.24) is 12.3 Å². The number of carboxylic acids is 3. The molecule has 0 saturated carbocycles. The summed E-state index contributed by atoms with van der Waals surface area (Å²) in [5.41, 5.74) is -2.80. The number of hydrogen-bond donors (Lipinski definition) is 5. The zero-order valence-electron chi connectivity index (χ0n) is 8.77. The molecule has 0 radical (unpaired) electrons. The Morgan fingerprint density at radius 3 is 1.62 bits per heavy atom. The van der Waals surface area contributed by atoms with E-state index in [1.165, 1.54) is 0 Å². The molecule has 0 aromatic heterocycles. The van der Waals surface area contributed by atoms with Crippen molar-refractivity contribution in [3.63, 3.8) is 0 Å². The summed E-state index contributed by atoms with van der Waals surface area (Å²) in [5, 5.41) is 35.5. The van der Waals surface area contributed by atoms with Crippen LogP contribution in [0.4, 0.5) is 0 Å². The first-order valence-electron chi connectivity index (χ1n) is 3.15. The maximum atomic E-state index is 10.3. The van der Waals surface area contributed by atoms with Gasteiger partial charge in [0, 0.05) is 12.4 Å². The molecule has 0 aliphatic rings. The third-order valence-corrected chi connectivity index (χ3v) is 1.28. The van der Waals surface area contributed by atoms with E-state index in [9.17, 15) is 19.5 Å². The fraction of sp³-hybridized carbons (Fsp3) is 0.500. The first-order valence-corrected chi connectivity index (χ1v) is 3.15. The summed E-state index contributed by atoms with van der Waals surface area (Å²) in [7, 11) is 0. The summed E-state index contributed by atoms with van der Waals surface area (Å²) in [5.74, 6) is -5.34. The topological polar surface area (TPSA) is 208 Å². The molecular weight excluding hydrogens is 248 g/mol. The van der Waals surface area contributed by atoms with Gasteiger partial charge >= 0.3 is 11.9 Å². The Morgan fingerprint density at radius 2 is 1.44 bits per heavy atom. The Kier molecular flexibility index (Phi) is 13.3. The Morgan fingerprint density at radius 1 is 1.06 bits per heavy atom. The van der Waals surface area contributed by atoms with E-state index < -0.39 is 36.4 Å². The lowest BCUT2D eigenvalue weighted by Crippen LogP contribution is -3.00. The molecule has 0 heterocycles. The molecule has 0 spiro atoms. The Labute approximate surface area is 96.7 Å². The van der Waals surface area contributed by atoms with Gasteiger partial charge in [0.05, 0.1) is 6.42 Å². The second kappa shape index (κ2) is 8.85. The number of carbonyl (C=O) groups excluding carboxylic acids is 1. The fourth-order valence-electron chi connectivity index (χ4n) is 0.703. The molecule has 0 amide bonds. The molecule has 11 N–H and O–H groups in total. The number of quaternary nitrogens is 2. The van der Waals surface area contributed by atoms with E-state index in [1.54, 1.807) is 0 Å². The van der Waals surface area contributed by atoms with Gasteiger partial charge in [-0.3, -0.25) is 4.79 Å². The summed E-state index contributed by atoms with van der Waals surface area (Å²) in [6, 6.07) is 0. The molecule has 10 heteroatoms. The Balaban J connectivity index is -0.000000240. The molecule has 0 aliphatic carbocycles. The monoisotopic (exact) mass is 262 g/mol. The van der Waals surface area contributed by atoms with Crippen molar-refractivity contribution in [3.05, 3.63) is 0 Å². The third-order valence-electron chi connectivity index (χ3n) is 1.28. The number of rotatable bonds is 5. The molecule has 16 heavy (non-hydrogen) atoms. The van der Waals surface area contributed by atoms with Crippen molar-refractivity contribution in [2.75, 3.05) is 0 Å². The number of aliphatic carboxylic acids is 3. The molecule has 0 bridgehead atoms. The van der Waals surface area contributed by atoms with Crippen molar-refractivity contribution in [2.45, 2.75) is 18.4 Å². The van der Waals surface area contributed by atoms with Gasteiger partial charge in [0.2, 0.25) is 0 Å². The lowest BCUT2D eigenvalue weighted by Gasteiger charge is -2.21. The summed E-state index contributed by atoms with van der Waals surface area (Å²) < 4.78 is 0. The second-order valence-electron chi connectivity index (χ2n) is 2.46. The molecule has 0 saturated heterocycles. The van der Waals surface area contributed by atoms with Gasteiger partial charge in [-0.15, -0.1) is 0 Å². The predicted octanol–water partition coefficient (Wildman–Crippen LogP) is -4.83. The van der Waals surface area contributed by atoms with Crippen molar-refractivity contribution in [3.8, 4) is 0 Å². The van der Waals surface area contributed by atoms with Crippen LogP contribution in [0.1, 0.15) is 12.8 Å². The first kappa shape index (κ1) is 24.0. The molecule has 0 rings (SSSR count). The lowest BCUT2D eigenvalue weighted by atomic mass is 9.96. The van der Waals surface area contributed by atoms with E-state index in [0.29, 0.717) is 0 Å². The summed E-state index contributed by atoms with van der Waals surface area (Å²) in [6.07, 6.45) is -2.44. The third kappa shape index (κ3) is 7.94. The average molecular weight is 263 g/mol. The zero-order valence-corrected chi connectivity index (χ0v) is 9.52. The van der Waals surface area contributed by atoms with E-state index in [0.717, 1.165) is 0 Å². The van der Waals surface area contributed by atoms with Crippen LogP contribution >= 0.6 is 0 Å². The molecule has 98 valence electrons. The van der Waals surface area contributed by atoms with Gasteiger partial charge in [0.1, 0.15) is 0 Å². The van der Waals surface area contributed by atoms with Gasteiger partial charge in [-0.05, 0) is 0 Å². The van der Waals surface area contributed by atoms with Crippen LogP contribution < -0.4 is 29.8 Å². The minimum absolute atomic E-state index is 0. The van der Waals surface area contributed by atoms with E-state index in [1.807, 2.05) is 0 Å². The number of aliphatic hydroxyl groups is 1. The number of halogens is 1. The van der Waals surface area contributed by atoms with Crippen molar-refractivity contribution in [2.24, 2.45) is 0 Å². The molecule has 0 aromatic carbocycles. The smallest absolute Gasteiger partial charge is 0.336 e. The van der Waals surface area contributed by atoms with E-state index in [2.05, 4.69) is 0 Å². The van der Waals surface area contributed by atoms with Crippen LogP contribution in [-0.2, 0) is 14.4 Å². The number of hydrogen-bond acceptors (Lipinski definition) is 5. The highest BCUT2D eigenvalue weighted by Crippen LogP contribution is 2.15. The molecule has 1 unspecified atom stereocenters. The van der Waals surface area contributed by atoms with Gasteiger partial charge in [0.15, 0.2) is 5.60 Å². The number of carbonyl (C=O) groups is 3. The summed E-state index contributed by atoms with van der Waals surface area (Å²) in [6.45, 7) is 0. The summed E-state index contributed by atoms with van der Waals surface area (Å²) in [4.78, 5) is 30.3. The van der Waals surface area contributed by atoms with Crippen LogP contribution in [0.5, 0.6) is 0 Å². The SMILES string of the molecule is O=C([O-])CC(O)(CC(=O)O)C(=O)O.[Cl-].[NH4+].[NH4+]. The zero-order chi connectivity index (χ0) is 10.6. The highest BCUT2D eigenvalue weighted by atomic mass is 35.5. The van der Waals surface area contributed by atoms with Crippen LogP contribution in [0, 0.1) is 0 Å². The van der Waals surface area contributed by atoms with E-state index >= 15 is 0 Å². The molecule has 9 nitrogen and oxygen atoms in total. The minimum atomic E-state index is -2.80. The van der Waals surface area contributed by atoms with Crippen LogP contribution in [0.3, 0.4) is 0 Å². The van der Waals surface area contributed by atoms with Gasteiger partial charge < -0.3 is 49.9 Å². The Bertz CT molecular complexity index is 241. The van der Waals surface area contributed by atoms with Crippen molar-refractivity contribution >= 4 is 17.9 Å². The molecule has 0 aromatic rings. The minimum Gasteiger partial charge on any atom is -1.00 e. The van der Waals surface area contributed by atoms with Gasteiger partial charge in [-0.25, -0.2) is 4.79 Å². The highest BCUT2D eigenvalue weighted by Gasteiger charge is 2.38. The maximum Gasteiger partial charge on any atom is 0.336 e. The highest BCUT2D eigenvalue weighted by molar-refractivity contribution is 5.87. The molecule has 1 atom stereocenters. The van der Waals surface area contributed by atoms with Crippen molar-refractivity contribution < 1.29 is 47.2 Å². The van der Waals surface area contributed by atoms with Gasteiger partial charge in [-0.1, -0.05) is 0 Å². The van der Waals surface area contributed by atoms with Gasteiger partial charge in [0.25, 0.3) is 0 Å². The van der Waals surface area contributed by atoms with Crippen molar-refractivity contribution in [1.29, 1.82) is 0 Å². The molecule has 0 aliphatic heterocycles. The molecule has 0 fully saturated rings. The maximum absolute atomic E-state index is 10.3. The number of carboxylic acid groups (broad SMARTS) is 3. The van der Waals surface area contributed by atoms with Crippen LogP contribution in [0.2, 0.25) is 0 Å². The second-order valence-corrected chi connectivity index (χ2v) is 2.46. The lowest BCUT2D eigenvalue weighted by molar-refractivity contribution is -0.309.